The van der Waals surface area contributed by atoms with Crippen molar-refractivity contribution >= 4 is 11.6 Å². The van der Waals surface area contributed by atoms with Gasteiger partial charge in [-0.15, -0.1) is 0 Å². The highest BCUT2D eigenvalue weighted by Crippen LogP contribution is 2.29. The minimum absolute atomic E-state index is 0.115. The van der Waals surface area contributed by atoms with Crippen molar-refractivity contribution in [1.29, 1.82) is 0 Å². The molecule has 1 unspecified atom stereocenters. The Morgan fingerprint density at radius 1 is 1.16 bits per heavy atom. The number of carbonyl (C=O) groups excluding carboxylic acids is 1. The van der Waals surface area contributed by atoms with Gasteiger partial charge in [-0.05, 0) is 25.1 Å². The van der Waals surface area contributed by atoms with Crippen LogP contribution >= 0.6 is 0 Å². The normalized spacial score (nSPS) is 11.7. The topological polar surface area (TPSA) is 59.6 Å². The standard InChI is InChI=1S/C19H23FN2O3/c1-13(21-12-14-6-4-5-7-16(14)20)10-19(23)22-17-11-15(24-2)8-9-18(17)25-3/h4-9,11,13,21H,10,12H2,1-3H3,(H,22,23). The molecule has 2 rings (SSSR count). The van der Waals surface area contributed by atoms with Gasteiger partial charge in [0.2, 0.25) is 5.91 Å². The van der Waals surface area contributed by atoms with Crippen LogP contribution < -0.4 is 20.1 Å². The second kappa shape index (κ2) is 9.03. The predicted octanol–water partition coefficient (Wildman–Crippen LogP) is 3.35. The van der Waals surface area contributed by atoms with Crippen molar-refractivity contribution in [2.75, 3.05) is 19.5 Å². The van der Waals surface area contributed by atoms with Gasteiger partial charge in [-0.3, -0.25) is 4.79 Å². The number of rotatable bonds is 8. The fraction of sp³-hybridized carbons (Fsp3) is 0.316. The van der Waals surface area contributed by atoms with E-state index in [1.807, 2.05) is 6.92 Å². The maximum Gasteiger partial charge on any atom is 0.226 e. The first-order valence-corrected chi connectivity index (χ1v) is 8.02. The highest BCUT2D eigenvalue weighted by molar-refractivity contribution is 5.92. The molecule has 6 heteroatoms. The van der Waals surface area contributed by atoms with Crippen LogP contribution in [0.5, 0.6) is 11.5 Å². The van der Waals surface area contributed by atoms with E-state index >= 15 is 0 Å². The van der Waals surface area contributed by atoms with Gasteiger partial charge >= 0.3 is 0 Å². The summed E-state index contributed by atoms with van der Waals surface area (Å²) < 4.78 is 24.0. The number of hydrogen-bond acceptors (Lipinski definition) is 4. The number of carbonyl (C=O) groups is 1. The molecule has 0 fully saturated rings. The van der Waals surface area contributed by atoms with Crippen molar-refractivity contribution in [3.8, 4) is 11.5 Å². The molecule has 0 aromatic heterocycles. The lowest BCUT2D eigenvalue weighted by Gasteiger charge is -2.16. The van der Waals surface area contributed by atoms with E-state index in [4.69, 9.17) is 9.47 Å². The van der Waals surface area contributed by atoms with Crippen LogP contribution in [-0.4, -0.2) is 26.2 Å². The maximum absolute atomic E-state index is 13.6. The van der Waals surface area contributed by atoms with Crippen molar-refractivity contribution in [3.05, 3.63) is 53.8 Å². The Hall–Kier alpha value is -2.60. The van der Waals surface area contributed by atoms with Crippen LogP contribution in [0.3, 0.4) is 0 Å². The highest BCUT2D eigenvalue weighted by atomic mass is 19.1. The third-order valence-corrected chi connectivity index (χ3v) is 3.77. The Labute approximate surface area is 147 Å². The summed E-state index contributed by atoms with van der Waals surface area (Å²) in [5, 5.41) is 5.97. The lowest BCUT2D eigenvalue weighted by molar-refractivity contribution is -0.116. The minimum atomic E-state index is -0.257. The van der Waals surface area contributed by atoms with E-state index in [0.717, 1.165) is 0 Å². The molecule has 0 bridgehead atoms. The van der Waals surface area contributed by atoms with Crippen LogP contribution in [0.25, 0.3) is 0 Å². The first-order valence-electron chi connectivity index (χ1n) is 8.02. The number of benzene rings is 2. The molecule has 0 saturated carbocycles. The van der Waals surface area contributed by atoms with Gasteiger partial charge in [0.15, 0.2) is 0 Å². The van der Waals surface area contributed by atoms with Crippen LogP contribution in [0, 0.1) is 5.82 Å². The minimum Gasteiger partial charge on any atom is -0.497 e. The molecular formula is C19H23FN2O3. The second-order valence-electron chi connectivity index (χ2n) is 5.69. The molecule has 0 aliphatic heterocycles. The summed E-state index contributed by atoms with van der Waals surface area (Å²) in [5.74, 6) is 0.760. The molecule has 0 aliphatic carbocycles. The van der Waals surface area contributed by atoms with Crippen molar-refractivity contribution in [2.45, 2.75) is 25.9 Å². The van der Waals surface area contributed by atoms with Crippen LogP contribution in [-0.2, 0) is 11.3 Å². The smallest absolute Gasteiger partial charge is 0.226 e. The molecule has 134 valence electrons. The first kappa shape index (κ1) is 18.7. The molecule has 2 aromatic carbocycles. The van der Waals surface area contributed by atoms with E-state index in [-0.39, 0.29) is 24.2 Å². The van der Waals surface area contributed by atoms with Crippen molar-refractivity contribution in [1.82, 2.24) is 5.32 Å². The average molecular weight is 346 g/mol. The average Bonchev–Trinajstić information content (AvgIpc) is 2.60. The van der Waals surface area contributed by atoms with Crippen molar-refractivity contribution in [3.63, 3.8) is 0 Å². The fourth-order valence-corrected chi connectivity index (χ4v) is 2.39. The van der Waals surface area contributed by atoms with Crippen LogP contribution in [0.15, 0.2) is 42.5 Å². The predicted molar refractivity (Wildman–Crippen MR) is 95.5 cm³/mol. The number of amides is 1. The lowest BCUT2D eigenvalue weighted by Crippen LogP contribution is -2.30. The molecule has 5 nitrogen and oxygen atoms in total. The van der Waals surface area contributed by atoms with Crippen LogP contribution in [0.1, 0.15) is 18.9 Å². The first-order chi connectivity index (χ1) is 12.0. The number of anilines is 1. The van der Waals surface area contributed by atoms with Gasteiger partial charge in [0.1, 0.15) is 17.3 Å². The quantitative estimate of drug-likeness (QED) is 0.770. The van der Waals surface area contributed by atoms with Gasteiger partial charge in [0.05, 0.1) is 19.9 Å². The summed E-state index contributed by atoms with van der Waals surface area (Å²) in [4.78, 5) is 12.2. The molecule has 0 heterocycles. The van der Waals surface area contributed by atoms with E-state index in [0.29, 0.717) is 29.3 Å². The van der Waals surface area contributed by atoms with Crippen molar-refractivity contribution in [2.24, 2.45) is 0 Å². The van der Waals surface area contributed by atoms with Gasteiger partial charge < -0.3 is 20.1 Å². The highest BCUT2D eigenvalue weighted by Gasteiger charge is 2.13. The van der Waals surface area contributed by atoms with E-state index in [1.165, 1.54) is 13.2 Å². The van der Waals surface area contributed by atoms with Crippen LogP contribution in [0.4, 0.5) is 10.1 Å². The molecule has 0 radical (unpaired) electrons. The lowest BCUT2D eigenvalue weighted by atomic mass is 10.1. The zero-order valence-corrected chi connectivity index (χ0v) is 14.6. The SMILES string of the molecule is COc1ccc(OC)c(NC(=O)CC(C)NCc2ccccc2F)c1. The van der Waals surface area contributed by atoms with Gasteiger partial charge in [0, 0.05) is 30.6 Å². The van der Waals surface area contributed by atoms with Crippen molar-refractivity contribution < 1.29 is 18.7 Å². The third kappa shape index (κ3) is 5.46. The molecule has 1 amide bonds. The molecule has 2 aromatic rings. The Bertz CT molecular complexity index is 722. The van der Waals surface area contributed by atoms with E-state index in [2.05, 4.69) is 10.6 Å². The Morgan fingerprint density at radius 3 is 2.60 bits per heavy atom. The summed E-state index contributed by atoms with van der Waals surface area (Å²) in [5.41, 5.74) is 1.12. The van der Waals surface area contributed by atoms with Gasteiger partial charge in [0.25, 0.3) is 0 Å². The Morgan fingerprint density at radius 2 is 1.92 bits per heavy atom. The molecule has 0 saturated heterocycles. The molecule has 0 aliphatic rings. The van der Waals surface area contributed by atoms with Gasteiger partial charge in [-0.25, -0.2) is 4.39 Å². The largest absolute Gasteiger partial charge is 0.497 e. The maximum atomic E-state index is 13.6. The molecule has 1 atom stereocenters. The number of halogens is 1. The summed E-state index contributed by atoms with van der Waals surface area (Å²) >= 11 is 0. The summed E-state index contributed by atoms with van der Waals surface area (Å²) in [7, 11) is 3.10. The monoisotopic (exact) mass is 346 g/mol. The Kier molecular flexibility index (Phi) is 6.77. The summed E-state index contributed by atoms with van der Waals surface area (Å²) in [6.07, 6.45) is 0.245. The third-order valence-electron chi connectivity index (χ3n) is 3.77. The van der Waals surface area contributed by atoms with Gasteiger partial charge in [-0.2, -0.15) is 0 Å². The molecule has 2 N–H and O–H groups in total. The molecule has 25 heavy (non-hydrogen) atoms. The van der Waals surface area contributed by atoms with E-state index in [9.17, 15) is 9.18 Å². The Balaban J connectivity index is 1.90. The van der Waals surface area contributed by atoms with E-state index < -0.39 is 0 Å². The molecular weight excluding hydrogens is 323 g/mol. The summed E-state index contributed by atoms with van der Waals surface area (Å²) in [6, 6.07) is 11.6. The van der Waals surface area contributed by atoms with Gasteiger partial charge in [-0.1, -0.05) is 18.2 Å². The summed E-state index contributed by atoms with van der Waals surface area (Å²) in [6.45, 7) is 2.24. The second-order valence-corrected chi connectivity index (χ2v) is 5.69. The molecule has 0 spiro atoms. The number of methoxy groups -OCH3 is 2. The number of nitrogens with one attached hydrogen (secondary N) is 2. The van der Waals surface area contributed by atoms with Crippen LogP contribution in [0.2, 0.25) is 0 Å². The fourth-order valence-electron chi connectivity index (χ4n) is 2.39. The zero-order chi connectivity index (χ0) is 18.2. The number of ether oxygens (including phenoxy) is 2. The number of hydrogen-bond donors (Lipinski definition) is 2. The van der Waals surface area contributed by atoms with E-state index in [1.54, 1.807) is 43.5 Å². The zero-order valence-electron chi connectivity index (χ0n) is 14.6.